The summed E-state index contributed by atoms with van der Waals surface area (Å²) in [4.78, 5) is 11.1. The first-order valence-corrected chi connectivity index (χ1v) is 4.58. The number of rotatable bonds is 5. The fourth-order valence-corrected chi connectivity index (χ4v) is 0.998. The Morgan fingerprint density at radius 3 is 2.56 bits per heavy atom. The van der Waals surface area contributed by atoms with Gasteiger partial charge in [0, 0.05) is 24.7 Å². The Labute approximate surface area is 91.7 Å². The highest BCUT2D eigenvalue weighted by molar-refractivity contribution is 5.77. The van der Waals surface area contributed by atoms with Crippen LogP contribution in [0.4, 0.5) is 8.78 Å². The topological polar surface area (TPSA) is 38.3 Å². The van der Waals surface area contributed by atoms with E-state index in [0.717, 1.165) is 18.2 Å². The second kappa shape index (κ2) is 5.85. The molecule has 1 aromatic rings. The van der Waals surface area contributed by atoms with Crippen LogP contribution in [0.15, 0.2) is 30.9 Å². The number of hydrogen-bond donors (Lipinski definition) is 1. The normalized spacial score (nSPS) is 9.62. The molecule has 0 aliphatic rings. The molecule has 86 valence electrons. The minimum atomic E-state index is -0.749. The molecule has 0 aliphatic carbocycles. The molecule has 0 bridgehead atoms. The third kappa shape index (κ3) is 4.08. The van der Waals surface area contributed by atoms with Crippen LogP contribution in [0.3, 0.4) is 0 Å². The standard InChI is InChI=1S/C11H11F2NO2/c1-2-3-14-11(15)7-16-10-5-8(12)4-9(13)6-10/h2,4-6H,1,3,7H2,(H,14,15). The van der Waals surface area contributed by atoms with Gasteiger partial charge in [-0.15, -0.1) is 6.58 Å². The van der Waals surface area contributed by atoms with Crippen LogP contribution >= 0.6 is 0 Å². The molecule has 0 aliphatic heterocycles. The Balaban J connectivity index is 2.47. The van der Waals surface area contributed by atoms with Crippen molar-refractivity contribution in [1.82, 2.24) is 5.32 Å². The van der Waals surface area contributed by atoms with Crippen molar-refractivity contribution < 1.29 is 18.3 Å². The highest BCUT2D eigenvalue weighted by Gasteiger charge is 2.04. The molecule has 5 heteroatoms. The zero-order chi connectivity index (χ0) is 12.0. The maximum absolute atomic E-state index is 12.7. The van der Waals surface area contributed by atoms with Crippen LogP contribution < -0.4 is 10.1 Å². The van der Waals surface area contributed by atoms with Gasteiger partial charge in [0.25, 0.3) is 5.91 Å². The number of nitrogens with one attached hydrogen (secondary N) is 1. The molecule has 0 fully saturated rings. The van der Waals surface area contributed by atoms with Gasteiger partial charge in [-0.2, -0.15) is 0 Å². The summed E-state index contributed by atoms with van der Waals surface area (Å²) in [6.07, 6.45) is 1.51. The van der Waals surface area contributed by atoms with Gasteiger partial charge in [-0.05, 0) is 0 Å². The SMILES string of the molecule is C=CCNC(=O)COc1cc(F)cc(F)c1. The molecule has 3 nitrogen and oxygen atoms in total. The first kappa shape index (κ1) is 12.2. The third-order valence-corrected chi connectivity index (χ3v) is 1.65. The largest absolute Gasteiger partial charge is 0.484 e. The Morgan fingerprint density at radius 2 is 2.00 bits per heavy atom. The van der Waals surface area contributed by atoms with E-state index in [1.165, 1.54) is 6.08 Å². The summed E-state index contributed by atoms with van der Waals surface area (Å²) in [5, 5.41) is 2.46. The fraction of sp³-hybridized carbons (Fsp3) is 0.182. The molecule has 0 saturated heterocycles. The van der Waals surface area contributed by atoms with Gasteiger partial charge in [0.15, 0.2) is 6.61 Å². The van der Waals surface area contributed by atoms with Crippen molar-refractivity contribution in [2.45, 2.75) is 0 Å². The average Bonchev–Trinajstić information content (AvgIpc) is 2.22. The Kier molecular flexibility index (Phi) is 4.44. The number of amides is 1. The second-order valence-corrected chi connectivity index (χ2v) is 2.99. The molecule has 0 heterocycles. The van der Waals surface area contributed by atoms with Crippen molar-refractivity contribution in [2.75, 3.05) is 13.2 Å². The molecular weight excluding hydrogens is 216 g/mol. The van der Waals surface area contributed by atoms with Crippen LogP contribution in [0.2, 0.25) is 0 Å². The average molecular weight is 227 g/mol. The number of ether oxygens (including phenoxy) is 1. The number of carbonyl (C=O) groups is 1. The van der Waals surface area contributed by atoms with E-state index >= 15 is 0 Å². The smallest absolute Gasteiger partial charge is 0.258 e. The zero-order valence-electron chi connectivity index (χ0n) is 8.50. The lowest BCUT2D eigenvalue weighted by molar-refractivity contribution is -0.122. The minimum Gasteiger partial charge on any atom is -0.484 e. The molecule has 1 amide bonds. The van der Waals surface area contributed by atoms with Crippen molar-refractivity contribution in [3.63, 3.8) is 0 Å². The van der Waals surface area contributed by atoms with Crippen molar-refractivity contribution in [2.24, 2.45) is 0 Å². The zero-order valence-corrected chi connectivity index (χ0v) is 8.50. The van der Waals surface area contributed by atoms with Crippen LogP contribution in [0.25, 0.3) is 0 Å². The summed E-state index contributed by atoms with van der Waals surface area (Å²) in [6.45, 7) is 3.44. The lowest BCUT2D eigenvalue weighted by Gasteiger charge is -2.06. The molecule has 0 aromatic heterocycles. The quantitative estimate of drug-likeness (QED) is 0.777. The molecule has 0 unspecified atom stereocenters. The summed E-state index contributed by atoms with van der Waals surface area (Å²) in [6, 6.07) is 2.73. The Bertz CT molecular complexity index is 373. The number of carbonyl (C=O) groups excluding carboxylic acids is 1. The van der Waals surface area contributed by atoms with Crippen LogP contribution in [0.1, 0.15) is 0 Å². The van der Waals surface area contributed by atoms with E-state index in [0.29, 0.717) is 6.54 Å². The summed E-state index contributed by atoms with van der Waals surface area (Å²) >= 11 is 0. The van der Waals surface area contributed by atoms with Crippen molar-refractivity contribution in [3.05, 3.63) is 42.5 Å². The van der Waals surface area contributed by atoms with Gasteiger partial charge in [0.2, 0.25) is 0 Å². The Hall–Kier alpha value is -1.91. The van der Waals surface area contributed by atoms with E-state index in [9.17, 15) is 13.6 Å². The molecule has 1 rings (SSSR count). The van der Waals surface area contributed by atoms with Gasteiger partial charge in [0.05, 0.1) is 0 Å². The number of halogens is 2. The van der Waals surface area contributed by atoms with Crippen LogP contribution in [0.5, 0.6) is 5.75 Å². The predicted molar refractivity (Wildman–Crippen MR) is 55.1 cm³/mol. The van der Waals surface area contributed by atoms with Crippen LogP contribution in [-0.2, 0) is 4.79 Å². The van der Waals surface area contributed by atoms with E-state index in [-0.39, 0.29) is 18.3 Å². The molecule has 1 aromatic carbocycles. The summed E-state index contributed by atoms with van der Waals surface area (Å²) in [5.74, 6) is -1.90. The van der Waals surface area contributed by atoms with E-state index in [1.54, 1.807) is 0 Å². The molecule has 1 N–H and O–H groups in total. The van der Waals surface area contributed by atoms with Gasteiger partial charge in [-0.25, -0.2) is 8.78 Å². The predicted octanol–water partition coefficient (Wildman–Crippen LogP) is 1.65. The monoisotopic (exact) mass is 227 g/mol. The van der Waals surface area contributed by atoms with Gasteiger partial charge >= 0.3 is 0 Å². The fourth-order valence-electron chi connectivity index (χ4n) is 0.998. The number of benzene rings is 1. The summed E-state index contributed by atoms with van der Waals surface area (Å²) < 4.78 is 30.3. The molecule has 0 atom stereocenters. The summed E-state index contributed by atoms with van der Waals surface area (Å²) in [7, 11) is 0. The maximum Gasteiger partial charge on any atom is 0.258 e. The molecular formula is C11H11F2NO2. The number of hydrogen-bond acceptors (Lipinski definition) is 2. The van der Waals surface area contributed by atoms with Gasteiger partial charge in [0.1, 0.15) is 17.4 Å². The van der Waals surface area contributed by atoms with E-state index < -0.39 is 11.6 Å². The lowest BCUT2D eigenvalue weighted by atomic mass is 10.3. The van der Waals surface area contributed by atoms with Gasteiger partial charge < -0.3 is 10.1 Å². The van der Waals surface area contributed by atoms with E-state index in [1.807, 2.05) is 0 Å². The second-order valence-electron chi connectivity index (χ2n) is 2.99. The van der Waals surface area contributed by atoms with Crippen molar-refractivity contribution in [3.8, 4) is 5.75 Å². The highest BCUT2D eigenvalue weighted by atomic mass is 19.1. The summed E-state index contributed by atoms with van der Waals surface area (Å²) in [5.41, 5.74) is 0. The third-order valence-electron chi connectivity index (χ3n) is 1.65. The van der Waals surface area contributed by atoms with E-state index in [2.05, 4.69) is 11.9 Å². The van der Waals surface area contributed by atoms with Crippen LogP contribution in [0, 0.1) is 11.6 Å². The lowest BCUT2D eigenvalue weighted by Crippen LogP contribution is -2.28. The first-order valence-electron chi connectivity index (χ1n) is 4.58. The molecule has 0 saturated carbocycles. The highest BCUT2D eigenvalue weighted by Crippen LogP contribution is 2.14. The molecule has 0 radical (unpaired) electrons. The molecule has 16 heavy (non-hydrogen) atoms. The first-order chi connectivity index (χ1) is 7.61. The van der Waals surface area contributed by atoms with Crippen LogP contribution in [-0.4, -0.2) is 19.1 Å². The molecule has 0 spiro atoms. The van der Waals surface area contributed by atoms with Crippen molar-refractivity contribution >= 4 is 5.91 Å². The Morgan fingerprint density at radius 1 is 1.38 bits per heavy atom. The maximum atomic E-state index is 12.7. The minimum absolute atomic E-state index is 0.0220. The van der Waals surface area contributed by atoms with Crippen molar-refractivity contribution in [1.29, 1.82) is 0 Å². The van der Waals surface area contributed by atoms with Gasteiger partial charge in [-0.1, -0.05) is 6.08 Å². The van der Waals surface area contributed by atoms with Gasteiger partial charge in [-0.3, -0.25) is 4.79 Å². The van der Waals surface area contributed by atoms with E-state index in [4.69, 9.17) is 4.74 Å².